The van der Waals surface area contributed by atoms with Gasteiger partial charge in [-0.25, -0.2) is 5.01 Å². The number of nitrogens with zero attached hydrogens (tertiary/aromatic N) is 4. The van der Waals surface area contributed by atoms with Crippen LogP contribution in [0.25, 0.3) is 0 Å². The van der Waals surface area contributed by atoms with Gasteiger partial charge in [-0.1, -0.05) is 60.7 Å². The van der Waals surface area contributed by atoms with E-state index in [1.165, 1.54) is 5.56 Å². The summed E-state index contributed by atoms with van der Waals surface area (Å²) in [6.07, 6.45) is 4.52. The minimum Gasteiger partial charge on any atom is -0.273 e. The molecule has 2 aromatic carbocycles. The summed E-state index contributed by atoms with van der Waals surface area (Å²) >= 11 is 0. The van der Waals surface area contributed by atoms with Crippen LogP contribution in [0.3, 0.4) is 0 Å². The summed E-state index contributed by atoms with van der Waals surface area (Å²) in [5, 5.41) is 10.6. The highest BCUT2D eigenvalue weighted by Crippen LogP contribution is 2.32. The Hall–Kier alpha value is -3.21. The van der Waals surface area contributed by atoms with E-state index >= 15 is 0 Å². The lowest BCUT2D eigenvalue weighted by atomic mass is 10.00. The number of rotatable bonds is 4. The van der Waals surface area contributed by atoms with Gasteiger partial charge in [-0.2, -0.15) is 10.2 Å². The van der Waals surface area contributed by atoms with Crippen LogP contribution in [-0.2, 0) is 11.3 Å². The molecule has 2 heterocycles. The topological polar surface area (TPSA) is 50.5 Å². The van der Waals surface area contributed by atoms with Gasteiger partial charge in [-0.3, -0.25) is 9.48 Å². The molecule has 0 fully saturated rings. The number of carbonyl (C=O) groups excluding carboxylic acids is 1. The van der Waals surface area contributed by atoms with Gasteiger partial charge in [0.2, 0.25) is 5.91 Å². The van der Waals surface area contributed by atoms with Crippen molar-refractivity contribution < 1.29 is 4.79 Å². The second-order valence-corrected chi connectivity index (χ2v) is 6.45. The molecule has 0 saturated heterocycles. The monoisotopic (exact) mass is 344 g/mol. The molecular formula is C21H20N4O. The van der Waals surface area contributed by atoms with Crippen LogP contribution in [0, 0.1) is 0 Å². The maximum absolute atomic E-state index is 12.1. The Bertz CT molecular complexity index is 931. The standard InChI is InChI=1S/C21H20N4O/c1-16(26)25-21(18-10-6-3-7-11-18)12-20(23-25)19-13-22-24(15-19)14-17-8-4-2-5-9-17/h2-11,13,15,21H,12,14H2,1H3. The lowest BCUT2D eigenvalue weighted by Gasteiger charge is -2.20. The fraction of sp³-hybridized carbons (Fsp3) is 0.190. The van der Waals surface area contributed by atoms with E-state index in [4.69, 9.17) is 0 Å². The van der Waals surface area contributed by atoms with Gasteiger partial charge in [0.1, 0.15) is 0 Å². The van der Waals surface area contributed by atoms with E-state index in [0.717, 1.165) is 16.8 Å². The average molecular weight is 344 g/mol. The summed E-state index contributed by atoms with van der Waals surface area (Å²) in [5.41, 5.74) is 4.15. The van der Waals surface area contributed by atoms with E-state index in [9.17, 15) is 4.79 Å². The second kappa shape index (κ2) is 6.96. The van der Waals surface area contributed by atoms with Gasteiger partial charge >= 0.3 is 0 Å². The molecule has 1 aromatic heterocycles. The molecule has 130 valence electrons. The zero-order valence-corrected chi connectivity index (χ0v) is 14.6. The zero-order valence-electron chi connectivity index (χ0n) is 14.6. The Morgan fingerprint density at radius 1 is 1.08 bits per heavy atom. The minimum atomic E-state index is -0.0545. The molecule has 5 nitrogen and oxygen atoms in total. The van der Waals surface area contributed by atoms with E-state index in [1.54, 1.807) is 11.9 Å². The summed E-state index contributed by atoms with van der Waals surface area (Å²) in [6.45, 7) is 2.27. The van der Waals surface area contributed by atoms with Crippen LogP contribution in [0.5, 0.6) is 0 Å². The van der Waals surface area contributed by atoms with Crippen LogP contribution in [0.15, 0.2) is 78.2 Å². The number of aromatic nitrogens is 2. The van der Waals surface area contributed by atoms with Gasteiger partial charge in [-0.15, -0.1) is 0 Å². The molecule has 1 atom stereocenters. The van der Waals surface area contributed by atoms with Crippen molar-refractivity contribution in [3.05, 3.63) is 89.7 Å². The first-order valence-corrected chi connectivity index (χ1v) is 8.69. The molecule has 0 N–H and O–H groups in total. The summed E-state index contributed by atoms with van der Waals surface area (Å²) in [5.74, 6) is -0.0504. The molecule has 3 aromatic rings. The first-order valence-electron chi connectivity index (χ1n) is 8.69. The first kappa shape index (κ1) is 16.3. The lowest BCUT2D eigenvalue weighted by molar-refractivity contribution is -0.130. The molecule has 1 aliphatic rings. The molecule has 0 spiro atoms. The Kier molecular flexibility index (Phi) is 4.35. The zero-order chi connectivity index (χ0) is 17.9. The number of hydrogen-bond acceptors (Lipinski definition) is 3. The highest BCUT2D eigenvalue weighted by molar-refractivity contribution is 6.02. The lowest BCUT2D eigenvalue weighted by Crippen LogP contribution is -2.24. The van der Waals surface area contributed by atoms with Crippen molar-refractivity contribution in [3.8, 4) is 0 Å². The maximum atomic E-state index is 12.1. The highest BCUT2D eigenvalue weighted by atomic mass is 16.2. The molecule has 4 rings (SSSR count). The van der Waals surface area contributed by atoms with Gasteiger partial charge in [0.05, 0.1) is 24.5 Å². The Labute approximate surface area is 152 Å². The van der Waals surface area contributed by atoms with Crippen LogP contribution in [0.2, 0.25) is 0 Å². The van der Waals surface area contributed by atoms with Gasteiger partial charge in [-0.05, 0) is 11.1 Å². The van der Waals surface area contributed by atoms with Gasteiger partial charge in [0.15, 0.2) is 0 Å². The van der Waals surface area contributed by atoms with E-state index in [-0.39, 0.29) is 11.9 Å². The van der Waals surface area contributed by atoms with Gasteiger partial charge < -0.3 is 0 Å². The smallest absolute Gasteiger partial charge is 0.240 e. The summed E-state index contributed by atoms with van der Waals surface area (Å²) < 4.78 is 1.90. The third kappa shape index (κ3) is 3.28. The van der Waals surface area contributed by atoms with E-state index in [2.05, 4.69) is 22.3 Å². The predicted molar refractivity (Wildman–Crippen MR) is 101 cm³/mol. The molecule has 0 radical (unpaired) electrons. The fourth-order valence-electron chi connectivity index (χ4n) is 3.28. The number of hydrogen-bond donors (Lipinski definition) is 0. The molecule has 5 heteroatoms. The fourth-order valence-corrected chi connectivity index (χ4v) is 3.28. The molecule has 1 unspecified atom stereocenters. The Morgan fingerprint density at radius 3 is 2.46 bits per heavy atom. The van der Waals surface area contributed by atoms with Crippen molar-refractivity contribution in [2.75, 3.05) is 0 Å². The van der Waals surface area contributed by atoms with Crippen molar-refractivity contribution in [2.45, 2.75) is 25.9 Å². The highest BCUT2D eigenvalue weighted by Gasteiger charge is 2.31. The van der Waals surface area contributed by atoms with Crippen molar-refractivity contribution >= 4 is 11.6 Å². The van der Waals surface area contributed by atoms with Crippen molar-refractivity contribution in [2.24, 2.45) is 5.10 Å². The van der Waals surface area contributed by atoms with Crippen molar-refractivity contribution in [1.82, 2.24) is 14.8 Å². The summed E-state index contributed by atoms with van der Waals surface area (Å²) in [6, 6.07) is 20.2. The Balaban J connectivity index is 1.56. The van der Waals surface area contributed by atoms with Gasteiger partial charge in [0, 0.05) is 25.1 Å². The number of carbonyl (C=O) groups is 1. The van der Waals surface area contributed by atoms with E-state index in [1.807, 2.05) is 65.6 Å². The molecule has 1 amide bonds. The SMILES string of the molecule is CC(=O)N1N=C(c2cnn(Cc3ccccc3)c2)CC1c1ccccc1. The van der Waals surface area contributed by atoms with Crippen LogP contribution in [0.4, 0.5) is 0 Å². The predicted octanol–water partition coefficient (Wildman–Crippen LogP) is 3.63. The van der Waals surface area contributed by atoms with E-state index < -0.39 is 0 Å². The third-order valence-corrected chi connectivity index (χ3v) is 4.57. The van der Waals surface area contributed by atoms with Crippen LogP contribution in [0.1, 0.15) is 36.1 Å². The average Bonchev–Trinajstić information content (AvgIpc) is 3.30. The largest absolute Gasteiger partial charge is 0.273 e. The normalized spacial score (nSPS) is 16.6. The quantitative estimate of drug-likeness (QED) is 0.726. The molecule has 0 aliphatic carbocycles. The maximum Gasteiger partial charge on any atom is 0.240 e. The minimum absolute atomic E-state index is 0.0504. The first-order chi connectivity index (χ1) is 12.7. The van der Waals surface area contributed by atoms with Crippen LogP contribution in [-0.4, -0.2) is 26.4 Å². The molecular weight excluding hydrogens is 324 g/mol. The van der Waals surface area contributed by atoms with Crippen LogP contribution >= 0.6 is 0 Å². The molecule has 0 saturated carbocycles. The van der Waals surface area contributed by atoms with E-state index in [0.29, 0.717) is 13.0 Å². The summed E-state index contributed by atoms with van der Waals surface area (Å²) in [4.78, 5) is 12.1. The second-order valence-electron chi connectivity index (χ2n) is 6.45. The van der Waals surface area contributed by atoms with Crippen LogP contribution < -0.4 is 0 Å². The molecule has 26 heavy (non-hydrogen) atoms. The molecule has 0 bridgehead atoms. The third-order valence-electron chi connectivity index (χ3n) is 4.57. The number of hydrazone groups is 1. The Morgan fingerprint density at radius 2 is 1.77 bits per heavy atom. The van der Waals surface area contributed by atoms with Crippen molar-refractivity contribution in [3.63, 3.8) is 0 Å². The van der Waals surface area contributed by atoms with Crippen molar-refractivity contribution in [1.29, 1.82) is 0 Å². The summed E-state index contributed by atoms with van der Waals surface area (Å²) in [7, 11) is 0. The number of amides is 1. The molecule has 1 aliphatic heterocycles. The van der Waals surface area contributed by atoms with Gasteiger partial charge in [0.25, 0.3) is 0 Å². The number of benzene rings is 2.